The summed E-state index contributed by atoms with van der Waals surface area (Å²) < 4.78 is 19.0. The van der Waals surface area contributed by atoms with E-state index in [-0.39, 0.29) is 12.2 Å². The number of benzene rings is 2. The van der Waals surface area contributed by atoms with Crippen LogP contribution in [0.5, 0.6) is 5.75 Å². The fourth-order valence-corrected chi connectivity index (χ4v) is 5.90. The molecule has 1 saturated heterocycles. The van der Waals surface area contributed by atoms with Crippen molar-refractivity contribution in [2.45, 2.75) is 40.5 Å². The number of carboxylic acids is 1. The third kappa shape index (κ3) is 4.57. The summed E-state index contributed by atoms with van der Waals surface area (Å²) in [5, 5.41) is 9.67. The topological polar surface area (TPSA) is 62.7 Å². The first-order chi connectivity index (χ1) is 17.1. The molecule has 6 heteroatoms. The molecule has 3 aromatic rings. The first-order valence-corrected chi connectivity index (χ1v) is 12.6. The average Bonchev–Trinajstić information content (AvgIpc) is 3.15. The van der Waals surface area contributed by atoms with E-state index in [1.54, 1.807) is 12.1 Å². The Morgan fingerprint density at radius 1 is 1.06 bits per heavy atom. The summed E-state index contributed by atoms with van der Waals surface area (Å²) in [7, 11) is 0. The van der Waals surface area contributed by atoms with Crippen LogP contribution in [-0.2, 0) is 17.6 Å². The Balaban J connectivity index is 1.41. The fraction of sp³-hybridized carbons (Fsp3) is 0.400. The highest BCUT2D eigenvalue weighted by molar-refractivity contribution is 5.86. The standard InChI is InChI=1S/C30H33FN2O3/c1-18-24(15-27(34)35)29(33-16-25-26(17-33)30(25,3)4)28(19(2)32-18)21-7-11-23(12-8-21)36-14-13-20-5-9-22(31)10-6-20/h5-12,25-26H,13-17H2,1-4H3,(H,34,35). The number of fused-ring (bicyclic) bond motifs is 1. The van der Waals surface area contributed by atoms with Crippen molar-refractivity contribution >= 4 is 11.7 Å². The van der Waals surface area contributed by atoms with Gasteiger partial charge in [0.2, 0.25) is 0 Å². The van der Waals surface area contributed by atoms with Crippen molar-refractivity contribution in [1.82, 2.24) is 4.98 Å². The Bertz CT molecular complexity index is 1270. The molecule has 0 spiro atoms. The van der Waals surface area contributed by atoms with Gasteiger partial charge >= 0.3 is 5.97 Å². The highest BCUT2D eigenvalue weighted by atomic mass is 19.1. The highest BCUT2D eigenvalue weighted by Crippen LogP contribution is 2.63. The lowest BCUT2D eigenvalue weighted by Crippen LogP contribution is -2.29. The largest absolute Gasteiger partial charge is 0.493 e. The lowest BCUT2D eigenvalue weighted by Gasteiger charge is -2.30. The molecule has 1 N–H and O–H groups in total. The third-order valence-corrected chi connectivity index (χ3v) is 8.14. The number of aryl methyl sites for hydroxylation is 2. The molecule has 1 aromatic heterocycles. The van der Waals surface area contributed by atoms with Gasteiger partial charge in [0.1, 0.15) is 11.6 Å². The number of anilines is 1. The first-order valence-electron chi connectivity index (χ1n) is 12.6. The minimum Gasteiger partial charge on any atom is -0.493 e. The maximum absolute atomic E-state index is 13.1. The van der Waals surface area contributed by atoms with E-state index in [1.165, 1.54) is 12.1 Å². The minimum atomic E-state index is -0.842. The van der Waals surface area contributed by atoms with Crippen molar-refractivity contribution in [2.75, 3.05) is 24.6 Å². The zero-order valence-corrected chi connectivity index (χ0v) is 21.3. The number of hydrogen-bond donors (Lipinski definition) is 1. The molecule has 0 amide bonds. The van der Waals surface area contributed by atoms with Gasteiger partial charge in [0.15, 0.2) is 0 Å². The lowest BCUT2D eigenvalue weighted by molar-refractivity contribution is -0.136. The smallest absolute Gasteiger partial charge is 0.307 e. The Hall–Kier alpha value is -3.41. The number of carbonyl (C=O) groups is 1. The van der Waals surface area contributed by atoms with E-state index in [0.717, 1.165) is 58.2 Å². The molecule has 2 fully saturated rings. The molecule has 1 aliphatic heterocycles. The summed E-state index contributed by atoms with van der Waals surface area (Å²) in [6.07, 6.45) is 0.653. The zero-order valence-electron chi connectivity index (χ0n) is 21.3. The Labute approximate surface area is 211 Å². The fourth-order valence-electron chi connectivity index (χ4n) is 5.90. The Morgan fingerprint density at radius 3 is 2.31 bits per heavy atom. The number of rotatable bonds is 8. The molecule has 1 aliphatic carbocycles. The maximum atomic E-state index is 13.1. The van der Waals surface area contributed by atoms with Crippen molar-refractivity contribution in [3.8, 4) is 16.9 Å². The normalized spacial score (nSPS) is 19.8. The number of ether oxygens (including phenoxy) is 1. The van der Waals surface area contributed by atoms with Crippen molar-refractivity contribution in [1.29, 1.82) is 0 Å². The van der Waals surface area contributed by atoms with Crippen molar-refractivity contribution in [3.63, 3.8) is 0 Å². The van der Waals surface area contributed by atoms with Gasteiger partial charge in [-0.05, 0) is 66.5 Å². The second-order valence-electron chi connectivity index (χ2n) is 10.7. The van der Waals surface area contributed by atoms with Crippen LogP contribution in [0, 0.1) is 36.9 Å². The van der Waals surface area contributed by atoms with E-state index in [1.807, 2.05) is 38.1 Å². The van der Waals surface area contributed by atoms with Gasteiger partial charge in [-0.25, -0.2) is 4.39 Å². The predicted molar refractivity (Wildman–Crippen MR) is 139 cm³/mol. The summed E-state index contributed by atoms with van der Waals surface area (Å²) in [6, 6.07) is 14.4. The lowest BCUT2D eigenvalue weighted by atomic mass is 9.94. The van der Waals surface area contributed by atoms with Crippen LogP contribution >= 0.6 is 0 Å². The number of aliphatic carboxylic acids is 1. The molecule has 2 aliphatic rings. The number of piperidine rings is 1. The van der Waals surface area contributed by atoms with Crippen LogP contribution in [-0.4, -0.2) is 35.8 Å². The van der Waals surface area contributed by atoms with Crippen LogP contribution in [0.3, 0.4) is 0 Å². The number of aromatic nitrogens is 1. The van der Waals surface area contributed by atoms with Crippen LogP contribution in [0.4, 0.5) is 10.1 Å². The van der Waals surface area contributed by atoms with Gasteiger partial charge in [0, 0.05) is 42.0 Å². The third-order valence-electron chi connectivity index (χ3n) is 8.14. The first kappa shape index (κ1) is 24.3. The van der Waals surface area contributed by atoms with Crippen LogP contribution in [0.15, 0.2) is 48.5 Å². The van der Waals surface area contributed by atoms with E-state index < -0.39 is 5.97 Å². The number of carboxylic acid groups (broad SMARTS) is 1. The molecule has 2 atom stereocenters. The molecule has 0 radical (unpaired) electrons. The molecule has 36 heavy (non-hydrogen) atoms. The van der Waals surface area contributed by atoms with Crippen molar-refractivity contribution < 1.29 is 19.0 Å². The van der Waals surface area contributed by atoms with Gasteiger partial charge < -0.3 is 14.7 Å². The van der Waals surface area contributed by atoms with Gasteiger partial charge in [-0.2, -0.15) is 0 Å². The highest BCUT2D eigenvalue weighted by Gasteiger charge is 2.62. The molecular weight excluding hydrogens is 455 g/mol. The van der Waals surface area contributed by atoms with E-state index in [0.29, 0.717) is 30.3 Å². The molecule has 5 nitrogen and oxygen atoms in total. The SMILES string of the molecule is Cc1nc(C)c(-c2ccc(OCCc3ccc(F)cc3)cc2)c(N2CC3C(C2)C3(C)C)c1CC(=O)O. The van der Waals surface area contributed by atoms with Crippen LogP contribution in [0.2, 0.25) is 0 Å². The van der Waals surface area contributed by atoms with Crippen LogP contribution < -0.4 is 9.64 Å². The number of hydrogen-bond acceptors (Lipinski definition) is 4. The Morgan fingerprint density at radius 2 is 1.69 bits per heavy atom. The van der Waals surface area contributed by atoms with Crippen LogP contribution in [0.25, 0.3) is 11.1 Å². The van der Waals surface area contributed by atoms with Crippen molar-refractivity contribution in [3.05, 3.63) is 76.9 Å². The van der Waals surface area contributed by atoms with E-state index in [4.69, 9.17) is 9.72 Å². The molecule has 0 bridgehead atoms. The summed E-state index contributed by atoms with van der Waals surface area (Å²) in [5.41, 5.74) is 6.93. The predicted octanol–water partition coefficient (Wildman–Crippen LogP) is 5.85. The molecule has 2 unspecified atom stereocenters. The average molecular weight is 489 g/mol. The van der Waals surface area contributed by atoms with Crippen molar-refractivity contribution in [2.24, 2.45) is 17.3 Å². The molecule has 5 rings (SSSR count). The van der Waals surface area contributed by atoms with Gasteiger partial charge in [-0.1, -0.05) is 38.1 Å². The summed E-state index contributed by atoms with van der Waals surface area (Å²) in [4.78, 5) is 18.9. The van der Waals surface area contributed by atoms with Crippen LogP contribution in [0.1, 0.15) is 36.4 Å². The molecule has 2 heterocycles. The second-order valence-corrected chi connectivity index (χ2v) is 10.7. The second kappa shape index (κ2) is 9.23. The summed E-state index contributed by atoms with van der Waals surface area (Å²) in [6.45, 7) is 11.0. The Kier molecular flexibility index (Phi) is 6.23. The van der Waals surface area contributed by atoms with Gasteiger partial charge in [-0.3, -0.25) is 9.78 Å². The molecule has 2 aromatic carbocycles. The van der Waals surface area contributed by atoms with Gasteiger partial charge in [0.05, 0.1) is 18.7 Å². The quantitative estimate of drug-likeness (QED) is 0.431. The monoisotopic (exact) mass is 488 g/mol. The number of nitrogens with zero attached hydrogens (tertiary/aromatic N) is 2. The van der Waals surface area contributed by atoms with Gasteiger partial charge in [0.25, 0.3) is 0 Å². The maximum Gasteiger partial charge on any atom is 0.307 e. The number of halogens is 1. The summed E-state index contributed by atoms with van der Waals surface area (Å²) >= 11 is 0. The summed E-state index contributed by atoms with van der Waals surface area (Å²) in [5.74, 6) is 0.972. The minimum absolute atomic E-state index is 0.0404. The number of pyridine rings is 1. The molecule has 1 saturated carbocycles. The molecular formula is C30H33FN2O3. The van der Waals surface area contributed by atoms with Gasteiger partial charge in [-0.15, -0.1) is 0 Å². The molecule has 188 valence electrons. The van der Waals surface area contributed by atoms with E-state index in [2.05, 4.69) is 18.7 Å². The van der Waals surface area contributed by atoms with E-state index >= 15 is 0 Å². The zero-order chi connectivity index (χ0) is 25.6. The van der Waals surface area contributed by atoms with E-state index in [9.17, 15) is 14.3 Å².